The van der Waals surface area contributed by atoms with E-state index in [-0.39, 0.29) is 12.6 Å². The highest BCUT2D eigenvalue weighted by atomic mass is 32.2. The van der Waals surface area contributed by atoms with Gasteiger partial charge in [-0.15, -0.1) is 0 Å². The molecule has 0 aromatic heterocycles. The molecule has 0 heterocycles. The van der Waals surface area contributed by atoms with Crippen molar-refractivity contribution in [2.45, 2.75) is 32.9 Å². The van der Waals surface area contributed by atoms with Gasteiger partial charge < -0.3 is 5.11 Å². The third-order valence-electron chi connectivity index (χ3n) is 1.73. The molecule has 0 aromatic carbocycles. The molecule has 0 rings (SSSR count). The lowest BCUT2D eigenvalue weighted by Gasteiger charge is -2.23. The fourth-order valence-electron chi connectivity index (χ4n) is 0.652. The molecule has 0 amide bonds. The second kappa shape index (κ2) is 4.90. The monoisotopic (exact) mass is 210 g/mol. The first-order valence-electron chi connectivity index (χ1n) is 4.17. The normalized spacial score (nSPS) is 15.3. The van der Waals surface area contributed by atoms with Crippen molar-refractivity contribution >= 4 is 10.2 Å². The summed E-state index contributed by atoms with van der Waals surface area (Å²) in [6.07, 6.45) is 0. The molecule has 0 spiro atoms. The van der Waals surface area contributed by atoms with Crippen molar-refractivity contribution in [3.63, 3.8) is 0 Å². The smallest absolute Gasteiger partial charge is 0.279 e. The molecule has 0 fully saturated rings. The Labute approximate surface area is 79.9 Å². The molecular weight excluding hydrogens is 192 g/mol. The van der Waals surface area contributed by atoms with Crippen molar-refractivity contribution in [3.05, 3.63) is 0 Å². The largest absolute Gasteiger partial charge is 0.395 e. The Balaban J connectivity index is 4.41. The van der Waals surface area contributed by atoms with Gasteiger partial charge in [-0.3, -0.25) is 0 Å². The lowest BCUT2D eigenvalue weighted by atomic mass is 10.4. The molecule has 13 heavy (non-hydrogen) atoms. The van der Waals surface area contributed by atoms with Crippen molar-refractivity contribution in [1.82, 2.24) is 9.03 Å². The third kappa shape index (κ3) is 4.04. The zero-order valence-electron chi connectivity index (χ0n) is 8.48. The zero-order chi connectivity index (χ0) is 10.6. The van der Waals surface area contributed by atoms with Crippen LogP contribution in [-0.4, -0.2) is 43.6 Å². The van der Waals surface area contributed by atoms with Crippen LogP contribution in [0.4, 0.5) is 0 Å². The van der Waals surface area contributed by atoms with E-state index < -0.39 is 16.3 Å². The van der Waals surface area contributed by atoms with Gasteiger partial charge in [0, 0.05) is 19.1 Å². The van der Waals surface area contributed by atoms with Gasteiger partial charge >= 0.3 is 0 Å². The molecule has 5 nitrogen and oxygen atoms in total. The predicted octanol–water partition coefficient (Wildman–Crippen LogP) is -0.458. The van der Waals surface area contributed by atoms with Crippen LogP contribution in [0.15, 0.2) is 0 Å². The van der Waals surface area contributed by atoms with Gasteiger partial charge in [0.15, 0.2) is 0 Å². The van der Waals surface area contributed by atoms with E-state index in [2.05, 4.69) is 4.72 Å². The first-order chi connectivity index (χ1) is 5.81. The van der Waals surface area contributed by atoms with E-state index in [0.717, 1.165) is 0 Å². The van der Waals surface area contributed by atoms with E-state index in [4.69, 9.17) is 5.11 Å². The molecule has 0 unspecified atom stereocenters. The van der Waals surface area contributed by atoms with E-state index in [1.807, 2.05) is 0 Å². The average molecular weight is 210 g/mol. The molecular formula is C7H18N2O3S. The zero-order valence-corrected chi connectivity index (χ0v) is 9.30. The molecule has 0 radical (unpaired) electrons. The molecule has 80 valence electrons. The number of hydrogen-bond donors (Lipinski definition) is 2. The van der Waals surface area contributed by atoms with Crippen LogP contribution in [0.1, 0.15) is 20.8 Å². The highest BCUT2D eigenvalue weighted by Gasteiger charge is 2.21. The lowest BCUT2D eigenvalue weighted by Crippen LogP contribution is -2.46. The molecule has 1 atom stereocenters. The SMILES string of the molecule is CC(C)N(C)S(=O)(=O)N[C@@H](C)CO. The second-order valence-corrected chi connectivity index (χ2v) is 5.08. The third-order valence-corrected chi connectivity index (χ3v) is 3.61. The molecule has 0 saturated carbocycles. The van der Waals surface area contributed by atoms with E-state index in [0.29, 0.717) is 0 Å². The van der Waals surface area contributed by atoms with Gasteiger partial charge in [0.2, 0.25) is 0 Å². The van der Waals surface area contributed by atoms with Crippen LogP contribution in [0.25, 0.3) is 0 Å². The van der Waals surface area contributed by atoms with Crippen LogP contribution in [0.2, 0.25) is 0 Å². The summed E-state index contributed by atoms with van der Waals surface area (Å²) in [5.41, 5.74) is 0. The van der Waals surface area contributed by atoms with Gasteiger partial charge in [-0.1, -0.05) is 0 Å². The molecule has 0 aliphatic rings. The van der Waals surface area contributed by atoms with Gasteiger partial charge in [-0.2, -0.15) is 17.4 Å². The number of nitrogens with zero attached hydrogens (tertiary/aromatic N) is 1. The van der Waals surface area contributed by atoms with Crippen molar-refractivity contribution in [1.29, 1.82) is 0 Å². The molecule has 0 bridgehead atoms. The maximum atomic E-state index is 11.4. The van der Waals surface area contributed by atoms with Crippen LogP contribution < -0.4 is 4.72 Å². The van der Waals surface area contributed by atoms with Crippen LogP contribution in [0.5, 0.6) is 0 Å². The van der Waals surface area contributed by atoms with Gasteiger partial charge in [0.05, 0.1) is 6.61 Å². The fraction of sp³-hybridized carbons (Fsp3) is 1.00. The topological polar surface area (TPSA) is 69.6 Å². The predicted molar refractivity (Wildman–Crippen MR) is 51.5 cm³/mol. The number of nitrogens with one attached hydrogen (secondary N) is 1. The molecule has 6 heteroatoms. The Bertz CT molecular complexity index is 238. The van der Waals surface area contributed by atoms with Crippen molar-refractivity contribution < 1.29 is 13.5 Å². The lowest BCUT2D eigenvalue weighted by molar-refractivity contribution is 0.262. The molecule has 0 aromatic rings. The highest BCUT2D eigenvalue weighted by molar-refractivity contribution is 7.87. The van der Waals surface area contributed by atoms with Gasteiger partial charge in [-0.05, 0) is 20.8 Å². The van der Waals surface area contributed by atoms with Crippen LogP contribution >= 0.6 is 0 Å². The van der Waals surface area contributed by atoms with E-state index in [1.165, 1.54) is 11.4 Å². The van der Waals surface area contributed by atoms with Crippen LogP contribution in [-0.2, 0) is 10.2 Å². The summed E-state index contributed by atoms with van der Waals surface area (Å²) in [7, 11) is -1.95. The number of aliphatic hydroxyl groups is 1. The van der Waals surface area contributed by atoms with E-state index in [1.54, 1.807) is 20.8 Å². The molecule has 0 saturated heterocycles. The average Bonchev–Trinajstić information content (AvgIpc) is 2.01. The Morgan fingerprint density at radius 3 is 2.15 bits per heavy atom. The Morgan fingerprint density at radius 2 is 1.85 bits per heavy atom. The first-order valence-corrected chi connectivity index (χ1v) is 5.61. The second-order valence-electron chi connectivity index (χ2n) is 3.32. The minimum atomic E-state index is -3.45. The Hall–Kier alpha value is -0.170. The number of aliphatic hydroxyl groups excluding tert-OH is 1. The number of hydrogen-bond acceptors (Lipinski definition) is 3. The number of rotatable bonds is 5. The summed E-state index contributed by atoms with van der Waals surface area (Å²) >= 11 is 0. The first kappa shape index (κ1) is 12.8. The Morgan fingerprint density at radius 1 is 1.38 bits per heavy atom. The fourth-order valence-corrected chi connectivity index (χ4v) is 1.96. The minimum Gasteiger partial charge on any atom is -0.395 e. The summed E-state index contributed by atoms with van der Waals surface area (Å²) in [5, 5.41) is 8.67. The maximum Gasteiger partial charge on any atom is 0.279 e. The standard InChI is InChI=1S/C7H18N2O3S/c1-6(2)9(4)13(11,12)8-7(3)5-10/h6-8,10H,5H2,1-4H3/t7-/m0/s1. The van der Waals surface area contributed by atoms with Crippen LogP contribution in [0.3, 0.4) is 0 Å². The van der Waals surface area contributed by atoms with Crippen molar-refractivity contribution in [2.24, 2.45) is 0 Å². The molecule has 0 aliphatic heterocycles. The molecule has 2 N–H and O–H groups in total. The minimum absolute atomic E-state index is 0.0941. The summed E-state index contributed by atoms with van der Waals surface area (Å²) in [6.45, 7) is 4.96. The van der Waals surface area contributed by atoms with E-state index in [9.17, 15) is 8.42 Å². The van der Waals surface area contributed by atoms with Gasteiger partial charge in [0.25, 0.3) is 10.2 Å². The maximum absolute atomic E-state index is 11.4. The highest BCUT2D eigenvalue weighted by Crippen LogP contribution is 2.01. The Kier molecular flexibility index (Phi) is 4.83. The van der Waals surface area contributed by atoms with Crippen molar-refractivity contribution in [3.8, 4) is 0 Å². The summed E-state index contributed by atoms with van der Waals surface area (Å²) in [5.74, 6) is 0. The quantitative estimate of drug-likeness (QED) is 0.645. The van der Waals surface area contributed by atoms with Crippen LogP contribution in [0, 0.1) is 0 Å². The van der Waals surface area contributed by atoms with Gasteiger partial charge in [-0.25, -0.2) is 0 Å². The summed E-state index contributed by atoms with van der Waals surface area (Å²) in [6, 6.07) is -0.547. The van der Waals surface area contributed by atoms with Crippen molar-refractivity contribution in [2.75, 3.05) is 13.7 Å². The van der Waals surface area contributed by atoms with Gasteiger partial charge in [0.1, 0.15) is 0 Å². The summed E-state index contributed by atoms with van der Waals surface area (Å²) < 4.78 is 26.4. The molecule has 0 aliphatic carbocycles. The summed E-state index contributed by atoms with van der Waals surface area (Å²) in [4.78, 5) is 0. The van der Waals surface area contributed by atoms with E-state index >= 15 is 0 Å².